The lowest BCUT2D eigenvalue weighted by molar-refractivity contribution is 0.0690. The molecule has 1 heterocycles. The lowest BCUT2D eigenvalue weighted by Crippen LogP contribution is -1.94. The molecule has 0 saturated carbocycles. The molecule has 0 aliphatic heterocycles. The number of rotatable bonds is 3. The van der Waals surface area contributed by atoms with Crippen molar-refractivity contribution in [3.05, 3.63) is 47.7 Å². The average molecular weight is 234 g/mol. The van der Waals surface area contributed by atoms with E-state index < -0.39 is 5.97 Å². The first-order valence-corrected chi connectivity index (χ1v) is 5.54. The zero-order valence-electron chi connectivity index (χ0n) is 8.64. The Labute approximate surface area is 97.1 Å². The molecule has 1 aromatic heterocycles. The van der Waals surface area contributed by atoms with Crippen LogP contribution in [0, 0.1) is 6.92 Å². The fraction of sp³-hybridized carbons (Fsp3) is 0.0833. The normalized spacial score (nSPS) is 10.3. The van der Waals surface area contributed by atoms with Gasteiger partial charge in [-0.25, -0.2) is 4.79 Å². The van der Waals surface area contributed by atoms with E-state index in [-0.39, 0.29) is 5.56 Å². The van der Waals surface area contributed by atoms with E-state index >= 15 is 0 Å². The molecule has 0 fully saturated rings. The predicted molar refractivity (Wildman–Crippen MR) is 61.0 cm³/mol. The lowest BCUT2D eigenvalue weighted by atomic mass is 10.2. The molecular formula is C12H10O3S. The van der Waals surface area contributed by atoms with Gasteiger partial charge in [-0.05, 0) is 24.6 Å². The standard InChI is InChI=1S/C12H10O3S/c1-8-4-2-3-5-10(8)16-12-9(11(13)14)6-7-15-12/h2-7H,1H3,(H,13,14). The molecule has 4 heteroatoms. The highest BCUT2D eigenvalue weighted by Gasteiger charge is 2.14. The van der Waals surface area contributed by atoms with Crippen LogP contribution >= 0.6 is 11.8 Å². The Hall–Kier alpha value is -1.68. The zero-order valence-corrected chi connectivity index (χ0v) is 9.45. The SMILES string of the molecule is Cc1ccccc1Sc1occc1C(=O)O. The molecule has 2 rings (SSSR count). The number of hydrogen-bond donors (Lipinski definition) is 1. The van der Waals surface area contributed by atoms with Crippen LogP contribution in [0.1, 0.15) is 15.9 Å². The second kappa shape index (κ2) is 4.45. The number of aromatic carboxylic acids is 1. The van der Waals surface area contributed by atoms with Crippen molar-refractivity contribution in [2.45, 2.75) is 16.9 Å². The number of carboxylic acid groups (broad SMARTS) is 1. The van der Waals surface area contributed by atoms with Crippen molar-refractivity contribution in [2.24, 2.45) is 0 Å². The summed E-state index contributed by atoms with van der Waals surface area (Å²) >= 11 is 1.33. The third-order valence-corrected chi connectivity index (χ3v) is 3.34. The Morgan fingerprint density at radius 2 is 2.06 bits per heavy atom. The van der Waals surface area contributed by atoms with E-state index in [0.717, 1.165) is 10.5 Å². The molecule has 0 spiro atoms. The molecular weight excluding hydrogens is 224 g/mol. The molecule has 0 unspecified atom stereocenters. The second-order valence-corrected chi connectivity index (χ2v) is 4.31. The van der Waals surface area contributed by atoms with Crippen LogP contribution in [0.2, 0.25) is 0 Å². The van der Waals surface area contributed by atoms with Gasteiger partial charge in [0.2, 0.25) is 0 Å². The van der Waals surface area contributed by atoms with Crippen molar-refractivity contribution >= 4 is 17.7 Å². The summed E-state index contributed by atoms with van der Waals surface area (Å²) in [5.74, 6) is -0.968. The molecule has 1 aromatic carbocycles. The number of benzene rings is 1. The fourth-order valence-electron chi connectivity index (χ4n) is 1.30. The molecule has 0 aliphatic carbocycles. The monoisotopic (exact) mass is 234 g/mol. The maximum atomic E-state index is 10.9. The van der Waals surface area contributed by atoms with Crippen LogP contribution in [0.25, 0.3) is 0 Å². The predicted octanol–water partition coefficient (Wildman–Crippen LogP) is 3.44. The van der Waals surface area contributed by atoms with Gasteiger partial charge in [-0.3, -0.25) is 0 Å². The third kappa shape index (κ3) is 2.12. The number of hydrogen-bond acceptors (Lipinski definition) is 3. The van der Waals surface area contributed by atoms with Crippen LogP contribution in [-0.4, -0.2) is 11.1 Å². The highest BCUT2D eigenvalue weighted by molar-refractivity contribution is 7.99. The first-order valence-electron chi connectivity index (χ1n) is 4.73. The summed E-state index contributed by atoms with van der Waals surface area (Å²) in [5.41, 5.74) is 1.30. The number of carbonyl (C=O) groups is 1. The third-order valence-electron chi connectivity index (χ3n) is 2.16. The molecule has 3 nitrogen and oxygen atoms in total. The molecule has 16 heavy (non-hydrogen) atoms. The van der Waals surface area contributed by atoms with Gasteiger partial charge in [0.25, 0.3) is 0 Å². The minimum absolute atomic E-state index is 0.202. The van der Waals surface area contributed by atoms with Crippen molar-refractivity contribution in [2.75, 3.05) is 0 Å². The van der Waals surface area contributed by atoms with Gasteiger partial charge in [0.05, 0.1) is 6.26 Å². The first-order chi connectivity index (χ1) is 7.68. The highest BCUT2D eigenvalue weighted by atomic mass is 32.2. The van der Waals surface area contributed by atoms with Gasteiger partial charge in [-0.1, -0.05) is 30.0 Å². The van der Waals surface area contributed by atoms with Crippen molar-refractivity contribution in [3.63, 3.8) is 0 Å². The van der Waals surface area contributed by atoms with E-state index in [4.69, 9.17) is 9.52 Å². The molecule has 2 aromatic rings. The second-order valence-electron chi connectivity index (χ2n) is 3.29. The van der Waals surface area contributed by atoms with E-state index in [1.165, 1.54) is 24.1 Å². The van der Waals surface area contributed by atoms with Crippen molar-refractivity contribution in [3.8, 4) is 0 Å². The Bertz CT molecular complexity index is 516. The van der Waals surface area contributed by atoms with Gasteiger partial charge in [0.15, 0.2) is 5.09 Å². The summed E-state index contributed by atoms with van der Waals surface area (Å²) in [6.07, 6.45) is 1.39. The van der Waals surface area contributed by atoms with Gasteiger partial charge in [0, 0.05) is 4.90 Å². The van der Waals surface area contributed by atoms with E-state index in [1.807, 2.05) is 31.2 Å². The zero-order chi connectivity index (χ0) is 11.5. The van der Waals surface area contributed by atoms with Crippen LogP contribution in [0.15, 0.2) is 51.0 Å². The summed E-state index contributed by atoms with van der Waals surface area (Å²) in [6.45, 7) is 1.98. The van der Waals surface area contributed by atoms with Crippen LogP contribution in [-0.2, 0) is 0 Å². The van der Waals surface area contributed by atoms with Gasteiger partial charge in [-0.15, -0.1) is 0 Å². The molecule has 0 bridgehead atoms. The van der Waals surface area contributed by atoms with Crippen molar-refractivity contribution in [1.82, 2.24) is 0 Å². The van der Waals surface area contributed by atoms with Gasteiger partial charge in [0.1, 0.15) is 5.56 Å². The maximum absolute atomic E-state index is 10.9. The van der Waals surface area contributed by atoms with Crippen LogP contribution in [0.3, 0.4) is 0 Å². The van der Waals surface area contributed by atoms with Crippen molar-refractivity contribution < 1.29 is 14.3 Å². The fourth-order valence-corrected chi connectivity index (χ4v) is 2.25. The Balaban J connectivity index is 2.31. The smallest absolute Gasteiger partial charge is 0.340 e. The molecule has 0 saturated heterocycles. The lowest BCUT2D eigenvalue weighted by Gasteiger charge is -2.02. The topological polar surface area (TPSA) is 50.4 Å². The molecule has 0 atom stereocenters. The molecule has 82 valence electrons. The Morgan fingerprint density at radius 3 is 2.75 bits per heavy atom. The highest BCUT2D eigenvalue weighted by Crippen LogP contribution is 2.33. The summed E-state index contributed by atoms with van der Waals surface area (Å²) in [5, 5.41) is 9.35. The first kappa shape index (κ1) is 10.8. The number of aryl methyl sites for hydroxylation is 1. The summed E-state index contributed by atoms with van der Waals surface area (Å²) in [6, 6.07) is 9.24. The molecule has 0 amide bonds. The summed E-state index contributed by atoms with van der Waals surface area (Å²) in [4.78, 5) is 11.9. The van der Waals surface area contributed by atoms with Gasteiger partial charge < -0.3 is 9.52 Å². The molecule has 0 radical (unpaired) electrons. The number of furan rings is 1. The Kier molecular flexibility index (Phi) is 3.01. The Morgan fingerprint density at radius 1 is 1.31 bits per heavy atom. The van der Waals surface area contributed by atoms with E-state index in [1.54, 1.807) is 0 Å². The van der Waals surface area contributed by atoms with Crippen molar-refractivity contribution in [1.29, 1.82) is 0 Å². The quantitative estimate of drug-likeness (QED) is 0.883. The number of carboxylic acids is 1. The van der Waals surface area contributed by atoms with E-state index in [0.29, 0.717) is 5.09 Å². The van der Waals surface area contributed by atoms with E-state index in [9.17, 15) is 4.79 Å². The summed E-state index contributed by atoms with van der Waals surface area (Å²) < 4.78 is 5.17. The van der Waals surface area contributed by atoms with E-state index in [2.05, 4.69) is 0 Å². The van der Waals surface area contributed by atoms with Gasteiger partial charge in [-0.2, -0.15) is 0 Å². The summed E-state index contributed by atoms with van der Waals surface area (Å²) in [7, 11) is 0. The maximum Gasteiger partial charge on any atom is 0.340 e. The average Bonchev–Trinajstić information content (AvgIpc) is 2.69. The molecule has 0 aliphatic rings. The minimum atomic E-state index is -0.968. The largest absolute Gasteiger partial charge is 0.478 e. The van der Waals surface area contributed by atoms with Gasteiger partial charge >= 0.3 is 5.97 Å². The van der Waals surface area contributed by atoms with Crippen LogP contribution < -0.4 is 0 Å². The van der Waals surface area contributed by atoms with Crippen LogP contribution in [0.5, 0.6) is 0 Å². The van der Waals surface area contributed by atoms with Crippen LogP contribution in [0.4, 0.5) is 0 Å². The minimum Gasteiger partial charge on any atom is -0.478 e. The molecule has 1 N–H and O–H groups in total.